The van der Waals surface area contributed by atoms with Crippen LogP contribution in [0, 0.1) is 0 Å². The van der Waals surface area contributed by atoms with Gasteiger partial charge in [0.1, 0.15) is 5.75 Å². The van der Waals surface area contributed by atoms with Crippen molar-refractivity contribution in [2.45, 2.75) is 20.0 Å². The van der Waals surface area contributed by atoms with Crippen LogP contribution in [0.1, 0.15) is 28.4 Å². The molecule has 7 nitrogen and oxygen atoms in total. The zero-order valence-electron chi connectivity index (χ0n) is 19.7. The highest BCUT2D eigenvalue weighted by Crippen LogP contribution is 2.13. The first-order valence-corrected chi connectivity index (χ1v) is 10.6. The fraction of sp³-hybridized carbons (Fsp3) is 0.417. The Morgan fingerprint density at radius 2 is 1.75 bits per heavy atom. The van der Waals surface area contributed by atoms with Gasteiger partial charge in [-0.05, 0) is 56.4 Å². The molecule has 0 saturated heterocycles. The van der Waals surface area contributed by atoms with Gasteiger partial charge < -0.3 is 25.2 Å². The normalized spacial score (nSPS) is 11.0. The molecule has 0 spiro atoms. The summed E-state index contributed by atoms with van der Waals surface area (Å²) >= 11 is 0. The van der Waals surface area contributed by atoms with E-state index in [1.165, 1.54) is 5.56 Å². The van der Waals surface area contributed by atoms with E-state index in [0.717, 1.165) is 30.4 Å². The van der Waals surface area contributed by atoms with Crippen molar-refractivity contribution in [2.24, 2.45) is 4.99 Å². The van der Waals surface area contributed by atoms with Crippen LogP contribution in [0.4, 0.5) is 0 Å². The number of ether oxygens (including phenoxy) is 1. The van der Waals surface area contributed by atoms with Crippen LogP contribution in [0.5, 0.6) is 5.75 Å². The fourth-order valence-electron chi connectivity index (χ4n) is 3.09. The third kappa shape index (κ3) is 9.44. The average Bonchev–Trinajstić information content (AvgIpc) is 2.75. The molecule has 0 aromatic heterocycles. The Morgan fingerprint density at radius 3 is 2.38 bits per heavy atom. The van der Waals surface area contributed by atoms with E-state index in [9.17, 15) is 4.79 Å². The molecule has 2 rings (SSSR count). The van der Waals surface area contributed by atoms with Gasteiger partial charge in [0.05, 0.1) is 6.61 Å². The summed E-state index contributed by atoms with van der Waals surface area (Å²) in [4.78, 5) is 20.8. The van der Waals surface area contributed by atoms with Gasteiger partial charge in [0.2, 0.25) is 0 Å². The Kier molecular flexibility index (Phi) is 12.7. The van der Waals surface area contributed by atoms with Crippen molar-refractivity contribution in [3.05, 3.63) is 65.2 Å². The summed E-state index contributed by atoms with van der Waals surface area (Å²) in [5.74, 6) is 1.61. The zero-order chi connectivity index (χ0) is 22.6. The molecule has 2 N–H and O–H groups in total. The number of carbonyl (C=O) groups excluding carboxylic acids is 1. The number of benzene rings is 2. The second kappa shape index (κ2) is 14.7. The standard InChI is InChI=1S/C24H35N5O2.HI/c1-6-31-22-12-10-19(11-13-22)18-29(5)24(25-2)27-17-20-8-7-9-21(16-20)23(30)26-14-15-28(3)4;/h7-13,16H,6,14-15,17-18H2,1-5H3,(H,25,27)(H,26,30);1H. The number of rotatable bonds is 10. The number of aliphatic imine (C=N–C) groups is 1. The lowest BCUT2D eigenvalue weighted by Crippen LogP contribution is -2.38. The van der Waals surface area contributed by atoms with E-state index >= 15 is 0 Å². The molecular formula is C24H36IN5O2. The molecule has 0 fully saturated rings. The van der Waals surface area contributed by atoms with Crippen LogP contribution < -0.4 is 15.4 Å². The molecule has 32 heavy (non-hydrogen) atoms. The highest BCUT2D eigenvalue weighted by molar-refractivity contribution is 14.0. The molecule has 176 valence electrons. The second-order valence-electron chi connectivity index (χ2n) is 7.59. The maximum absolute atomic E-state index is 12.4. The quantitative estimate of drug-likeness (QED) is 0.269. The lowest BCUT2D eigenvalue weighted by molar-refractivity contribution is 0.0951. The summed E-state index contributed by atoms with van der Waals surface area (Å²) < 4.78 is 5.50. The number of carbonyl (C=O) groups is 1. The fourth-order valence-corrected chi connectivity index (χ4v) is 3.09. The first-order chi connectivity index (χ1) is 14.9. The van der Waals surface area contributed by atoms with Gasteiger partial charge >= 0.3 is 0 Å². The van der Waals surface area contributed by atoms with Gasteiger partial charge in [-0.3, -0.25) is 9.79 Å². The molecular weight excluding hydrogens is 517 g/mol. The number of amides is 1. The minimum absolute atomic E-state index is 0. The topological polar surface area (TPSA) is 69.2 Å². The van der Waals surface area contributed by atoms with Crippen LogP contribution in [0.25, 0.3) is 0 Å². The van der Waals surface area contributed by atoms with Gasteiger partial charge in [0.25, 0.3) is 5.91 Å². The minimum atomic E-state index is -0.0549. The van der Waals surface area contributed by atoms with Crippen molar-refractivity contribution in [3.8, 4) is 5.75 Å². The van der Waals surface area contributed by atoms with Crippen LogP contribution in [-0.4, -0.2) is 69.6 Å². The van der Waals surface area contributed by atoms with E-state index in [-0.39, 0.29) is 29.9 Å². The van der Waals surface area contributed by atoms with Crippen molar-refractivity contribution >= 4 is 35.8 Å². The first-order valence-electron chi connectivity index (χ1n) is 10.6. The van der Waals surface area contributed by atoms with Crippen LogP contribution in [0.3, 0.4) is 0 Å². The van der Waals surface area contributed by atoms with Crippen molar-refractivity contribution < 1.29 is 9.53 Å². The molecule has 8 heteroatoms. The molecule has 0 aliphatic rings. The smallest absolute Gasteiger partial charge is 0.251 e. The lowest BCUT2D eigenvalue weighted by Gasteiger charge is -2.22. The van der Waals surface area contributed by atoms with Crippen LogP contribution in [0.15, 0.2) is 53.5 Å². The number of nitrogens with one attached hydrogen (secondary N) is 2. The summed E-state index contributed by atoms with van der Waals surface area (Å²) in [5, 5.41) is 6.32. The van der Waals surface area contributed by atoms with Gasteiger partial charge in [0, 0.05) is 45.8 Å². The number of guanidine groups is 1. The Labute approximate surface area is 209 Å². The van der Waals surface area contributed by atoms with Crippen molar-refractivity contribution in [1.82, 2.24) is 20.4 Å². The van der Waals surface area contributed by atoms with Crippen molar-refractivity contribution in [1.29, 1.82) is 0 Å². The monoisotopic (exact) mass is 553 g/mol. The van der Waals surface area contributed by atoms with Gasteiger partial charge in [-0.1, -0.05) is 24.3 Å². The first kappa shape index (κ1) is 27.7. The summed E-state index contributed by atoms with van der Waals surface area (Å²) in [6.45, 7) is 5.38. The average molecular weight is 553 g/mol. The Balaban J connectivity index is 0.00000512. The minimum Gasteiger partial charge on any atom is -0.494 e. The summed E-state index contributed by atoms with van der Waals surface area (Å²) in [6.07, 6.45) is 0. The molecule has 0 heterocycles. The van der Waals surface area contributed by atoms with E-state index in [4.69, 9.17) is 4.74 Å². The van der Waals surface area contributed by atoms with E-state index in [0.29, 0.717) is 25.3 Å². The molecule has 0 bridgehead atoms. The lowest BCUT2D eigenvalue weighted by atomic mass is 10.1. The van der Waals surface area contributed by atoms with E-state index in [1.54, 1.807) is 7.05 Å². The number of hydrogen-bond acceptors (Lipinski definition) is 4. The summed E-state index contributed by atoms with van der Waals surface area (Å²) in [7, 11) is 7.74. The Morgan fingerprint density at radius 1 is 1.03 bits per heavy atom. The highest BCUT2D eigenvalue weighted by atomic mass is 127. The second-order valence-corrected chi connectivity index (χ2v) is 7.59. The molecule has 0 radical (unpaired) electrons. The Hall–Kier alpha value is -2.33. The van der Waals surface area contributed by atoms with Crippen molar-refractivity contribution in [2.75, 3.05) is 47.9 Å². The molecule has 0 atom stereocenters. The Bertz CT molecular complexity index is 856. The predicted molar refractivity (Wildman–Crippen MR) is 142 cm³/mol. The number of hydrogen-bond donors (Lipinski definition) is 2. The van der Waals surface area contributed by atoms with Gasteiger partial charge in [-0.25, -0.2) is 0 Å². The number of halogens is 1. The molecule has 0 unspecified atom stereocenters. The third-order valence-electron chi connectivity index (χ3n) is 4.71. The summed E-state index contributed by atoms with van der Waals surface area (Å²) in [5.41, 5.74) is 2.86. The van der Waals surface area contributed by atoms with E-state index in [2.05, 4.69) is 32.7 Å². The molecule has 2 aromatic rings. The summed E-state index contributed by atoms with van der Waals surface area (Å²) in [6, 6.07) is 15.8. The van der Waals surface area contributed by atoms with E-state index in [1.807, 2.05) is 69.4 Å². The van der Waals surface area contributed by atoms with Crippen molar-refractivity contribution in [3.63, 3.8) is 0 Å². The molecule has 0 aliphatic heterocycles. The number of likely N-dealkylation sites (N-methyl/N-ethyl adjacent to an activating group) is 1. The van der Waals surface area contributed by atoms with Crippen LogP contribution >= 0.6 is 24.0 Å². The van der Waals surface area contributed by atoms with Gasteiger partial charge in [0.15, 0.2) is 5.96 Å². The highest BCUT2D eigenvalue weighted by Gasteiger charge is 2.09. The van der Waals surface area contributed by atoms with Crippen LogP contribution in [0.2, 0.25) is 0 Å². The van der Waals surface area contributed by atoms with E-state index < -0.39 is 0 Å². The molecule has 2 aromatic carbocycles. The SMILES string of the molecule is CCOc1ccc(CN(C)C(=NC)NCc2cccc(C(=O)NCCN(C)C)c2)cc1.I. The molecule has 0 saturated carbocycles. The van der Waals surface area contributed by atoms with Gasteiger partial charge in [-0.2, -0.15) is 0 Å². The van der Waals surface area contributed by atoms with Gasteiger partial charge in [-0.15, -0.1) is 24.0 Å². The predicted octanol–water partition coefficient (Wildman–Crippen LogP) is 3.20. The third-order valence-corrected chi connectivity index (χ3v) is 4.71. The maximum Gasteiger partial charge on any atom is 0.251 e. The van der Waals surface area contributed by atoms with Crippen LogP contribution in [-0.2, 0) is 13.1 Å². The number of nitrogens with zero attached hydrogens (tertiary/aromatic N) is 3. The zero-order valence-corrected chi connectivity index (χ0v) is 22.1. The maximum atomic E-state index is 12.4. The molecule has 0 aliphatic carbocycles. The molecule has 1 amide bonds. The largest absolute Gasteiger partial charge is 0.494 e.